The lowest BCUT2D eigenvalue weighted by Crippen LogP contribution is -2.23. The molecule has 1 fully saturated rings. The molecule has 0 aromatic heterocycles. The van der Waals surface area contributed by atoms with Crippen LogP contribution in [0.1, 0.15) is 63.6 Å². The lowest BCUT2D eigenvalue weighted by molar-refractivity contribution is -0.0532. The predicted octanol–water partition coefficient (Wildman–Crippen LogP) is 3.95. The topological polar surface area (TPSA) is 61.8 Å². The van der Waals surface area contributed by atoms with Gasteiger partial charge >= 0.3 is 0 Å². The van der Waals surface area contributed by atoms with Gasteiger partial charge in [-0.2, -0.15) is 0 Å². The van der Waals surface area contributed by atoms with Gasteiger partial charge in [-0.25, -0.2) is 0 Å². The van der Waals surface area contributed by atoms with Crippen LogP contribution in [-0.4, -0.2) is 37.7 Å². The molecule has 146 valence electrons. The van der Waals surface area contributed by atoms with E-state index in [9.17, 15) is 9.59 Å². The van der Waals surface area contributed by atoms with Crippen LogP contribution in [0.3, 0.4) is 0 Å². The minimum atomic E-state index is -0.267. The maximum absolute atomic E-state index is 13.2. The highest BCUT2D eigenvalue weighted by Gasteiger charge is 2.33. The molecule has 0 unspecified atom stereocenters. The Hall–Kier alpha value is -2.50. The summed E-state index contributed by atoms with van der Waals surface area (Å²) in [6, 6.07) is 10.7. The lowest BCUT2D eigenvalue weighted by Gasteiger charge is -2.23. The zero-order valence-corrected chi connectivity index (χ0v) is 16.0. The minimum Gasteiger partial charge on any atom is -0.492 e. The molecule has 1 heterocycles. The fraction of sp³-hybridized carbons (Fsp3) is 0.391. The Morgan fingerprint density at radius 2 is 1.68 bits per heavy atom. The Balaban J connectivity index is 1.69. The fourth-order valence-electron chi connectivity index (χ4n) is 3.76. The number of unbranched alkanes of at least 4 members (excludes halogenated alkanes) is 1. The van der Waals surface area contributed by atoms with Crippen molar-refractivity contribution in [2.24, 2.45) is 0 Å². The van der Waals surface area contributed by atoms with Crippen molar-refractivity contribution in [3.05, 3.63) is 64.2 Å². The van der Waals surface area contributed by atoms with Crippen LogP contribution >= 0.6 is 0 Å². The van der Waals surface area contributed by atoms with E-state index in [0.29, 0.717) is 54.2 Å². The summed E-state index contributed by atoms with van der Waals surface area (Å²) < 4.78 is 17.0. The van der Waals surface area contributed by atoms with Gasteiger partial charge in [0.2, 0.25) is 0 Å². The van der Waals surface area contributed by atoms with Gasteiger partial charge in [0.25, 0.3) is 0 Å². The van der Waals surface area contributed by atoms with Crippen molar-refractivity contribution in [3.63, 3.8) is 0 Å². The Kier molecular flexibility index (Phi) is 5.55. The van der Waals surface area contributed by atoms with Crippen LogP contribution in [-0.2, 0) is 15.9 Å². The van der Waals surface area contributed by atoms with Crippen LogP contribution in [0.2, 0.25) is 0 Å². The SMILES string of the molecule is CCCCc1ccc2c(c1OCCC1OCCO1)C(=O)c1ccccc1C2=O. The molecule has 2 aromatic rings. The zero-order valence-electron chi connectivity index (χ0n) is 16.0. The molecule has 28 heavy (non-hydrogen) atoms. The number of benzene rings is 2. The van der Waals surface area contributed by atoms with Crippen molar-refractivity contribution in [2.45, 2.75) is 38.9 Å². The molecule has 0 amide bonds. The third kappa shape index (κ3) is 3.48. The van der Waals surface area contributed by atoms with Crippen molar-refractivity contribution in [1.29, 1.82) is 0 Å². The van der Waals surface area contributed by atoms with E-state index < -0.39 is 0 Å². The van der Waals surface area contributed by atoms with Gasteiger partial charge in [0.15, 0.2) is 17.9 Å². The molecule has 1 aliphatic heterocycles. The minimum absolute atomic E-state index is 0.125. The third-order valence-corrected chi connectivity index (χ3v) is 5.22. The van der Waals surface area contributed by atoms with Crippen molar-refractivity contribution in [1.82, 2.24) is 0 Å². The van der Waals surface area contributed by atoms with Crippen LogP contribution in [0, 0.1) is 0 Å². The summed E-state index contributed by atoms with van der Waals surface area (Å²) in [6.45, 7) is 3.68. The first kappa shape index (κ1) is 18.8. The maximum Gasteiger partial charge on any atom is 0.198 e. The van der Waals surface area contributed by atoms with Gasteiger partial charge in [0.05, 0.1) is 25.4 Å². The summed E-state index contributed by atoms with van der Waals surface area (Å²) in [5, 5.41) is 0. The van der Waals surface area contributed by atoms with E-state index in [-0.39, 0.29) is 17.9 Å². The first-order valence-corrected chi connectivity index (χ1v) is 9.91. The average Bonchev–Trinajstić information content (AvgIpc) is 3.24. The fourth-order valence-corrected chi connectivity index (χ4v) is 3.76. The average molecular weight is 380 g/mol. The van der Waals surface area contributed by atoms with Gasteiger partial charge in [-0.3, -0.25) is 9.59 Å². The highest BCUT2D eigenvalue weighted by atomic mass is 16.7. The number of hydrogen-bond acceptors (Lipinski definition) is 5. The molecule has 1 saturated heterocycles. The first-order chi connectivity index (χ1) is 13.7. The number of ether oxygens (including phenoxy) is 3. The number of carbonyl (C=O) groups is 2. The summed E-state index contributed by atoms with van der Waals surface area (Å²) in [5.74, 6) is 0.267. The second-order valence-electron chi connectivity index (χ2n) is 7.09. The Bertz CT molecular complexity index is 896. The van der Waals surface area contributed by atoms with E-state index in [0.717, 1.165) is 24.8 Å². The highest BCUT2D eigenvalue weighted by Crippen LogP contribution is 2.36. The zero-order chi connectivity index (χ0) is 19.5. The summed E-state index contributed by atoms with van der Waals surface area (Å²) in [5.41, 5.74) is 2.69. The van der Waals surface area contributed by atoms with E-state index >= 15 is 0 Å². The van der Waals surface area contributed by atoms with Gasteiger partial charge in [0, 0.05) is 23.1 Å². The summed E-state index contributed by atoms with van der Waals surface area (Å²) >= 11 is 0. The molecule has 2 aromatic carbocycles. The third-order valence-electron chi connectivity index (χ3n) is 5.22. The number of rotatable bonds is 7. The van der Waals surface area contributed by atoms with Gasteiger partial charge in [0.1, 0.15) is 5.75 Å². The maximum atomic E-state index is 13.2. The van der Waals surface area contributed by atoms with Crippen LogP contribution < -0.4 is 4.74 Å². The number of ketones is 2. The second-order valence-corrected chi connectivity index (χ2v) is 7.09. The molecule has 0 spiro atoms. The molecule has 0 N–H and O–H groups in total. The normalized spacial score (nSPS) is 16.2. The molecule has 5 nitrogen and oxygen atoms in total. The van der Waals surface area contributed by atoms with E-state index in [1.807, 2.05) is 6.07 Å². The van der Waals surface area contributed by atoms with Gasteiger partial charge < -0.3 is 14.2 Å². The largest absolute Gasteiger partial charge is 0.492 e. The molecule has 0 atom stereocenters. The summed E-state index contributed by atoms with van der Waals surface area (Å²) in [4.78, 5) is 26.2. The quantitative estimate of drug-likeness (QED) is 0.621. The number of aryl methyl sites for hydroxylation is 1. The van der Waals surface area contributed by atoms with Gasteiger partial charge in [-0.1, -0.05) is 43.7 Å². The van der Waals surface area contributed by atoms with E-state index in [1.54, 1.807) is 30.3 Å². The number of carbonyl (C=O) groups excluding carboxylic acids is 2. The van der Waals surface area contributed by atoms with Crippen LogP contribution in [0.5, 0.6) is 5.75 Å². The van der Waals surface area contributed by atoms with Gasteiger partial charge in [-0.15, -0.1) is 0 Å². The molecule has 1 aliphatic carbocycles. The molecular weight excluding hydrogens is 356 g/mol. The molecule has 0 saturated carbocycles. The molecule has 2 aliphatic rings. The predicted molar refractivity (Wildman–Crippen MR) is 104 cm³/mol. The molecule has 0 radical (unpaired) electrons. The highest BCUT2D eigenvalue weighted by molar-refractivity contribution is 6.29. The van der Waals surface area contributed by atoms with Crippen molar-refractivity contribution in [2.75, 3.05) is 19.8 Å². The second kappa shape index (κ2) is 8.25. The van der Waals surface area contributed by atoms with Crippen molar-refractivity contribution >= 4 is 11.6 Å². The standard InChI is InChI=1S/C23H24O5/c1-2-3-6-15-9-10-18-20(23(15)28-12-11-19-26-13-14-27-19)22(25)17-8-5-4-7-16(17)21(18)24/h4-5,7-10,19H,2-3,6,11-14H2,1H3. The monoisotopic (exact) mass is 380 g/mol. The molecular formula is C23H24O5. The van der Waals surface area contributed by atoms with Crippen LogP contribution in [0.4, 0.5) is 0 Å². The van der Waals surface area contributed by atoms with Crippen molar-refractivity contribution < 1.29 is 23.8 Å². The first-order valence-electron chi connectivity index (χ1n) is 9.91. The summed E-state index contributed by atoms with van der Waals surface area (Å²) in [7, 11) is 0. The van der Waals surface area contributed by atoms with Crippen LogP contribution in [0.15, 0.2) is 36.4 Å². The smallest absolute Gasteiger partial charge is 0.198 e. The van der Waals surface area contributed by atoms with E-state index in [1.165, 1.54) is 0 Å². The van der Waals surface area contributed by atoms with E-state index in [2.05, 4.69) is 6.92 Å². The lowest BCUT2D eigenvalue weighted by atomic mass is 9.82. The Morgan fingerprint density at radius 3 is 2.39 bits per heavy atom. The van der Waals surface area contributed by atoms with Crippen molar-refractivity contribution in [3.8, 4) is 5.75 Å². The Morgan fingerprint density at radius 1 is 0.964 bits per heavy atom. The summed E-state index contributed by atoms with van der Waals surface area (Å²) in [6.07, 6.45) is 3.14. The van der Waals surface area contributed by atoms with E-state index in [4.69, 9.17) is 14.2 Å². The number of hydrogen-bond donors (Lipinski definition) is 0. The Labute approximate surface area is 164 Å². The molecule has 5 heteroatoms. The number of fused-ring (bicyclic) bond motifs is 2. The molecule has 0 bridgehead atoms. The van der Waals surface area contributed by atoms with Gasteiger partial charge in [-0.05, 0) is 24.5 Å². The van der Waals surface area contributed by atoms with Crippen LogP contribution in [0.25, 0.3) is 0 Å². The molecule has 4 rings (SSSR count).